The number of benzene rings is 3. The Bertz CT molecular complexity index is 1490. The zero-order valence-corrected chi connectivity index (χ0v) is 22.6. The van der Waals surface area contributed by atoms with Crippen LogP contribution in [-0.2, 0) is 0 Å². The van der Waals surface area contributed by atoms with Crippen molar-refractivity contribution in [1.82, 2.24) is 4.90 Å². The quantitative estimate of drug-likeness (QED) is 0.112. The van der Waals surface area contributed by atoms with Crippen molar-refractivity contribution in [3.8, 4) is 0 Å². The van der Waals surface area contributed by atoms with Gasteiger partial charge in [-0.25, -0.2) is 0 Å². The number of fused-ring (bicyclic) bond motifs is 1. The second kappa shape index (κ2) is 11.5. The van der Waals surface area contributed by atoms with Gasteiger partial charge < -0.3 is 4.90 Å². The minimum atomic E-state index is -0.747. The summed E-state index contributed by atoms with van der Waals surface area (Å²) in [7, 11) is 0. The zero-order valence-electron chi connectivity index (χ0n) is 21.0. The largest absolute Gasteiger partial charge is 0.372 e. The highest BCUT2D eigenvalue weighted by Crippen LogP contribution is 2.40. The number of hydrogen-bond acceptors (Lipinski definition) is 9. The lowest BCUT2D eigenvalue weighted by Crippen LogP contribution is -2.33. The summed E-state index contributed by atoms with van der Waals surface area (Å²) in [5.41, 5.74) is 1.90. The molecule has 1 aliphatic rings. The number of non-ortho nitro benzene ring substituents is 1. The fraction of sp³-hybridized carbons (Fsp3) is 0.231. The van der Waals surface area contributed by atoms with E-state index in [1.807, 2.05) is 26.0 Å². The average molecular weight is 595 g/mol. The molecule has 0 saturated carbocycles. The lowest BCUT2D eigenvalue weighted by molar-refractivity contribution is -0.393. The number of carbonyl (C=O) groups is 2. The number of azo groups is 1. The number of rotatable bonds is 10. The van der Waals surface area contributed by atoms with Crippen molar-refractivity contribution >= 4 is 56.2 Å². The molecule has 0 fully saturated rings. The molecule has 0 unspecified atom stereocenters. The van der Waals surface area contributed by atoms with Crippen molar-refractivity contribution in [2.24, 2.45) is 10.2 Å². The molecular formula is C26H23BrN6O6. The maximum atomic E-state index is 12.6. The van der Waals surface area contributed by atoms with Crippen molar-refractivity contribution < 1.29 is 19.4 Å². The van der Waals surface area contributed by atoms with Crippen LogP contribution in [0.1, 0.15) is 39.6 Å². The van der Waals surface area contributed by atoms with Crippen molar-refractivity contribution in [3.05, 3.63) is 96.0 Å². The fourth-order valence-electron chi connectivity index (χ4n) is 4.30. The van der Waals surface area contributed by atoms with Crippen LogP contribution in [0, 0.1) is 27.2 Å². The normalized spacial score (nSPS) is 12.7. The summed E-state index contributed by atoms with van der Waals surface area (Å²) in [4.78, 5) is 49.6. The molecule has 1 heterocycles. The molecule has 0 radical (unpaired) electrons. The van der Waals surface area contributed by atoms with Crippen LogP contribution in [-0.4, -0.2) is 46.2 Å². The number of hydrogen-bond donors (Lipinski definition) is 0. The molecule has 0 spiro atoms. The number of imide groups is 1. The smallest absolute Gasteiger partial charge is 0.304 e. The molecule has 0 saturated heterocycles. The van der Waals surface area contributed by atoms with Gasteiger partial charge in [-0.1, -0.05) is 12.1 Å². The Morgan fingerprint density at radius 3 is 2.18 bits per heavy atom. The minimum absolute atomic E-state index is 0.0802. The van der Waals surface area contributed by atoms with E-state index in [-0.39, 0.29) is 22.0 Å². The summed E-state index contributed by atoms with van der Waals surface area (Å²) in [6.45, 7) is 5.41. The molecule has 0 N–H and O–H groups in total. The Hall–Kier alpha value is -4.52. The van der Waals surface area contributed by atoms with Crippen molar-refractivity contribution in [2.75, 3.05) is 24.5 Å². The lowest BCUT2D eigenvalue weighted by atomic mass is 10.1. The zero-order chi connectivity index (χ0) is 28.3. The van der Waals surface area contributed by atoms with E-state index in [0.29, 0.717) is 42.9 Å². The Labute approximate surface area is 231 Å². The Morgan fingerprint density at radius 1 is 0.949 bits per heavy atom. The standard InChI is InChI=1S/C26H23BrN6O6/c1-3-30(11-6-12-31-25(34)19-7-4-5-8-20(19)26(31)35)17-9-10-22(16(2)13-17)28-29-24-21(27)14-18(32(36)37)15-23(24)33(38)39/h4-5,7-10,13-15H,3,6,11-12H2,1-2H3. The average Bonchev–Trinajstić information content (AvgIpc) is 3.15. The second-order valence-electron chi connectivity index (χ2n) is 8.72. The predicted octanol–water partition coefficient (Wildman–Crippen LogP) is 6.50. The van der Waals surface area contributed by atoms with E-state index in [4.69, 9.17) is 0 Å². The summed E-state index contributed by atoms with van der Waals surface area (Å²) < 4.78 is 0.0802. The first-order valence-electron chi connectivity index (χ1n) is 12.0. The van der Waals surface area contributed by atoms with Gasteiger partial charge in [0.2, 0.25) is 0 Å². The van der Waals surface area contributed by atoms with E-state index < -0.39 is 21.2 Å². The molecule has 2 amide bonds. The molecule has 0 aromatic heterocycles. The summed E-state index contributed by atoms with van der Waals surface area (Å²) in [5.74, 6) is -0.548. The SMILES string of the molecule is CCN(CCCN1C(=O)c2ccccc2C1=O)c1ccc(N=Nc2c(Br)cc([N+](=O)[O-])cc2[N+](=O)[O-])c(C)c1. The van der Waals surface area contributed by atoms with Crippen LogP contribution in [0.15, 0.2) is 69.3 Å². The number of nitro groups is 2. The number of nitrogens with zero attached hydrogens (tertiary/aromatic N) is 6. The van der Waals surface area contributed by atoms with Crippen LogP contribution in [0.3, 0.4) is 0 Å². The van der Waals surface area contributed by atoms with Crippen molar-refractivity contribution in [1.29, 1.82) is 0 Å². The van der Waals surface area contributed by atoms with Gasteiger partial charge in [0.1, 0.15) is 0 Å². The maximum absolute atomic E-state index is 12.6. The van der Waals surface area contributed by atoms with Gasteiger partial charge in [0, 0.05) is 31.4 Å². The Balaban J connectivity index is 1.46. The number of nitro benzene ring substituents is 2. The first kappa shape index (κ1) is 27.5. The lowest BCUT2D eigenvalue weighted by Gasteiger charge is -2.25. The number of aryl methyl sites for hydroxylation is 1. The second-order valence-corrected chi connectivity index (χ2v) is 9.58. The summed E-state index contributed by atoms with van der Waals surface area (Å²) in [6, 6.07) is 14.3. The van der Waals surface area contributed by atoms with Crippen LogP contribution < -0.4 is 4.90 Å². The molecule has 0 atom stereocenters. The highest BCUT2D eigenvalue weighted by atomic mass is 79.9. The molecule has 0 aliphatic carbocycles. The van der Waals surface area contributed by atoms with Crippen molar-refractivity contribution in [2.45, 2.75) is 20.3 Å². The third kappa shape index (κ3) is 5.67. The van der Waals surface area contributed by atoms with E-state index in [0.717, 1.165) is 23.4 Å². The predicted molar refractivity (Wildman–Crippen MR) is 147 cm³/mol. The summed E-state index contributed by atoms with van der Waals surface area (Å²) >= 11 is 3.12. The Kier molecular flexibility index (Phi) is 8.10. The van der Waals surface area contributed by atoms with Gasteiger partial charge in [-0.05, 0) is 72.1 Å². The number of anilines is 1. The van der Waals surface area contributed by atoms with Gasteiger partial charge in [0.15, 0.2) is 5.69 Å². The molecule has 4 rings (SSSR count). The van der Waals surface area contributed by atoms with Crippen LogP contribution in [0.4, 0.5) is 28.4 Å². The van der Waals surface area contributed by atoms with Gasteiger partial charge in [-0.2, -0.15) is 0 Å². The highest BCUT2D eigenvalue weighted by molar-refractivity contribution is 9.10. The molecule has 3 aromatic rings. The molecule has 200 valence electrons. The minimum Gasteiger partial charge on any atom is -0.372 e. The van der Waals surface area contributed by atoms with E-state index in [9.17, 15) is 29.8 Å². The van der Waals surface area contributed by atoms with Gasteiger partial charge in [0.25, 0.3) is 17.5 Å². The van der Waals surface area contributed by atoms with Crippen LogP contribution in [0.5, 0.6) is 0 Å². The first-order valence-corrected chi connectivity index (χ1v) is 12.8. The highest BCUT2D eigenvalue weighted by Gasteiger charge is 2.34. The van der Waals surface area contributed by atoms with Crippen molar-refractivity contribution in [3.63, 3.8) is 0 Å². The van der Waals surface area contributed by atoms with Crippen LogP contribution in [0.25, 0.3) is 0 Å². The molecule has 13 heteroatoms. The molecule has 1 aliphatic heterocycles. The third-order valence-corrected chi connectivity index (χ3v) is 6.91. The van der Waals surface area contributed by atoms with E-state index >= 15 is 0 Å². The summed E-state index contributed by atoms with van der Waals surface area (Å²) in [6.07, 6.45) is 0.581. The number of amides is 2. The molecule has 12 nitrogen and oxygen atoms in total. The topological polar surface area (TPSA) is 152 Å². The third-order valence-electron chi connectivity index (χ3n) is 6.31. The fourth-order valence-corrected chi connectivity index (χ4v) is 4.82. The van der Waals surface area contributed by atoms with E-state index in [1.54, 1.807) is 30.3 Å². The molecular weight excluding hydrogens is 572 g/mol. The van der Waals surface area contributed by atoms with Gasteiger partial charge in [-0.3, -0.25) is 34.7 Å². The van der Waals surface area contributed by atoms with E-state index in [1.165, 1.54) is 4.90 Å². The molecule has 3 aromatic carbocycles. The van der Waals surface area contributed by atoms with Gasteiger partial charge >= 0.3 is 5.69 Å². The Morgan fingerprint density at radius 2 is 1.62 bits per heavy atom. The van der Waals surface area contributed by atoms with Crippen LogP contribution >= 0.6 is 15.9 Å². The number of halogens is 1. The monoisotopic (exact) mass is 594 g/mol. The molecule has 0 bridgehead atoms. The van der Waals surface area contributed by atoms with Gasteiger partial charge in [-0.15, -0.1) is 10.2 Å². The first-order chi connectivity index (χ1) is 18.6. The molecule has 39 heavy (non-hydrogen) atoms. The van der Waals surface area contributed by atoms with Crippen LogP contribution in [0.2, 0.25) is 0 Å². The van der Waals surface area contributed by atoms with Gasteiger partial charge in [0.05, 0.1) is 37.2 Å². The number of carbonyl (C=O) groups excluding carboxylic acids is 2. The summed E-state index contributed by atoms with van der Waals surface area (Å²) in [5, 5.41) is 30.7. The van der Waals surface area contributed by atoms with E-state index in [2.05, 4.69) is 31.1 Å². The maximum Gasteiger partial charge on any atom is 0.304 e.